The number of halogens is 1. The van der Waals surface area contributed by atoms with E-state index in [9.17, 15) is 9.59 Å². The lowest BCUT2D eigenvalue weighted by Gasteiger charge is -2.17. The van der Waals surface area contributed by atoms with Crippen molar-refractivity contribution >= 4 is 34.8 Å². The summed E-state index contributed by atoms with van der Waals surface area (Å²) in [6.45, 7) is 4.20. The molecule has 7 nitrogen and oxygen atoms in total. The van der Waals surface area contributed by atoms with Crippen LogP contribution in [0.5, 0.6) is 0 Å². The van der Waals surface area contributed by atoms with Crippen LogP contribution in [0.3, 0.4) is 0 Å². The molecule has 2 aromatic heterocycles. The van der Waals surface area contributed by atoms with E-state index in [0.717, 1.165) is 11.4 Å². The molecule has 2 amide bonds. The molecule has 1 atom stereocenters. The minimum atomic E-state index is -0.433. The Morgan fingerprint density at radius 2 is 2.03 bits per heavy atom. The molecule has 0 saturated carbocycles. The molecule has 0 aliphatic carbocycles. The zero-order valence-electron chi connectivity index (χ0n) is 16.1. The van der Waals surface area contributed by atoms with E-state index < -0.39 is 5.92 Å². The number of carbonyl (C=O) groups is 2. The Morgan fingerprint density at radius 1 is 1.21 bits per heavy atom. The summed E-state index contributed by atoms with van der Waals surface area (Å²) in [5.41, 5.74) is 3.18. The predicted octanol–water partition coefficient (Wildman–Crippen LogP) is 3.53. The molecular formula is C21H20ClN5O2. The Hall–Kier alpha value is -3.19. The first-order chi connectivity index (χ1) is 13.9. The molecule has 3 aromatic rings. The first-order valence-corrected chi connectivity index (χ1v) is 9.65. The standard InChI is InChI=1S/C21H20ClN5O2/c1-13-8-14(2)27(25-13)19-7-6-17(11-23-19)24-21(29)15-9-20(28)26(12-15)18-5-3-4-16(22)10-18/h3-8,10-11,15H,9,12H2,1-2H3,(H,24,29). The van der Waals surface area contributed by atoms with Gasteiger partial charge in [0.2, 0.25) is 11.8 Å². The Labute approximate surface area is 173 Å². The third-order valence-corrected chi connectivity index (χ3v) is 5.09. The van der Waals surface area contributed by atoms with Gasteiger partial charge in [-0.1, -0.05) is 17.7 Å². The molecule has 1 aliphatic rings. The molecule has 0 bridgehead atoms. The molecule has 3 heterocycles. The van der Waals surface area contributed by atoms with Gasteiger partial charge in [0.15, 0.2) is 5.82 Å². The van der Waals surface area contributed by atoms with Crippen LogP contribution in [-0.2, 0) is 9.59 Å². The zero-order valence-corrected chi connectivity index (χ0v) is 16.8. The smallest absolute Gasteiger partial charge is 0.229 e. The molecule has 1 saturated heterocycles. The first kappa shape index (κ1) is 19.1. The van der Waals surface area contributed by atoms with Gasteiger partial charge in [-0.05, 0) is 50.2 Å². The first-order valence-electron chi connectivity index (χ1n) is 9.27. The van der Waals surface area contributed by atoms with E-state index in [4.69, 9.17) is 11.6 Å². The van der Waals surface area contributed by atoms with Crippen molar-refractivity contribution in [2.24, 2.45) is 5.92 Å². The van der Waals surface area contributed by atoms with E-state index >= 15 is 0 Å². The van der Waals surface area contributed by atoms with E-state index in [2.05, 4.69) is 15.4 Å². The highest BCUT2D eigenvalue weighted by Crippen LogP contribution is 2.28. The van der Waals surface area contributed by atoms with Gasteiger partial charge in [-0.3, -0.25) is 9.59 Å². The Morgan fingerprint density at radius 3 is 2.69 bits per heavy atom. The fourth-order valence-corrected chi connectivity index (χ4v) is 3.65. The lowest BCUT2D eigenvalue weighted by molar-refractivity contribution is -0.122. The maximum absolute atomic E-state index is 12.7. The van der Waals surface area contributed by atoms with Crippen molar-refractivity contribution in [3.63, 3.8) is 0 Å². The summed E-state index contributed by atoms with van der Waals surface area (Å²) in [5, 5.41) is 7.80. The fourth-order valence-electron chi connectivity index (χ4n) is 3.47. The minimum absolute atomic E-state index is 0.0922. The SMILES string of the molecule is Cc1cc(C)n(-c2ccc(NC(=O)C3CC(=O)N(c4cccc(Cl)c4)C3)cn2)n1. The Balaban J connectivity index is 1.43. The average Bonchev–Trinajstić information content (AvgIpc) is 3.24. The number of hydrogen-bond donors (Lipinski definition) is 1. The number of pyridine rings is 1. The average molecular weight is 410 g/mol. The monoisotopic (exact) mass is 409 g/mol. The molecule has 0 radical (unpaired) electrons. The van der Waals surface area contributed by atoms with E-state index in [0.29, 0.717) is 28.8 Å². The normalized spacial score (nSPS) is 16.3. The van der Waals surface area contributed by atoms with Crippen molar-refractivity contribution in [1.82, 2.24) is 14.8 Å². The highest BCUT2D eigenvalue weighted by molar-refractivity contribution is 6.31. The number of amides is 2. The van der Waals surface area contributed by atoms with E-state index in [1.807, 2.05) is 26.0 Å². The summed E-state index contributed by atoms with van der Waals surface area (Å²) in [6.07, 6.45) is 1.75. The number of hydrogen-bond acceptors (Lipinski definition) is 4. The lowest BCUT2D eigenvalue weighted by atomic mass is 10.1. The van der Waals surface area contributed by atoms with E-state index in [-0.39, 0.29) is 18.2 Å². The molecular weight excluding hydrogens is 390 g/mol. The molecule has 1 unspecified atom stereocenters. The number of rotatable bonds is 4. The van der Waals surface area contributed by atoms with Gasteiger partial charge in [0, 0.05) is 29.4 Å². The second-order valence-electron chi connectivity index (χ2n) is 7.12. The van der Waals surface area contributed by atoms with Gasteiger partial charge < -0.3 is 10.2 Å². The van der Waals surface area contributed by atoms with Gasteiger partial charge in [-0.15, -0.1) is 0 Å². The summed E-state index contributed by atoms with van der Waals surface area (Å²) in [7, 11) is 0. The number of aromatic nitrogens is 3. The molecule has 29 heavy (non-hydrogen) atoms. The quantitative estimate of drug-likeness (QED) is 0.714. The summed E-state index contributed by atoms with van der Waals surface area (Å²) in [6, 6.07) is 12.6. The summed E-state index contributed by atoms with van der Waals surface area (Å²) >= 11 is 6.01. The summed E-state index contributed by atoms with van der Waals surface area (Å²) in [4.78, 5) is 31.0. The molecule has 4 rings (SSSR count). The highest BCUT2D eigenvalue weighted by atomic mass is 35.5. The Kier molecular flexibility index (Phi) is 5.07. The third-order valence-electron chi connectivity index (χ3n) is 4.86. The van der Waals surface area contributed by atoms with Crippen LogP contribution in [0.4, 0.5) is 11.4 Å². The van der Waals surface area contributed by atoms with Crippen molar-refractivity contribution in [1.29, 1.82) is 0 Å². The van der Waals surface area contributed by atoms with Gasteiger partial charge >= 0.3 is 0 Å². The van der Waals surface area contributed by atoms with Gasteiger partial charge in [-0.2, -0.15) is 5.10 Å². The van der Waals surface area contributed by atoms with Crippen LogP contribution in [0, 0.1) is 19.8 Å². The number of benzene rings is 1. The number of aryl methyl sites for hydroxylation is 2. The lowest BCUT2D eigenvalue weighted by Crippen LogP contribution is -2.28. The molecule has 0 spiro atoms. The van der Waals surface area contributed by atoms with Crippen LogP contribution in [-0.4, -0.2) is 33.1 Å². The van der Waals surface area contributed by atoms with Crippen LogP contribution in [0.25, 0.3) is 5.82 Å². The van der Waals surface area contributed by atoms with Gasteiger partial charge in [-0.25, -0.2) is 9.67 Å². The molecule has 1 aromatic carbocycles. The van der Waals surface area contributed by atoms with Crippen molar-refractivity contribution in [2.45, 2.75) is 20.3 Å². The number of nitrogens with one attached hydrogen (secondary N) is 1. The number of carbonyl (C=O) groups excluding carboxylic acids is 2. The maximum Gasteiger partial charge on any atom is 0.229 e. The number of nitrogens with zero attached hydrogens (tertiary/aromatic N) is 4. The third kappa shape index (κ3) is 4.00. The summed E-state index contributed by atoms with van der Waals surface area (Å²) < 4.78 is 1.75. The molecule has 1 N–H and O–H groups in total. The number of anilines is 2. The molecule has 148 valence electrons. The Bertz CT molecular complexity index is 1080. The van der Waals surface area contributed by atoms with Crippen molar-refractivity contribution < 1.29 is 9.59 Å². The maximum atomic E-state index is 12.7. The van der Waals surface area contributed by atoms with Crippen molar-refractivity contribution in [3.05, 3.63) is 65.1 Å². The van der Waals surface area contributed by atoms with Crippen LogP contribution >= 0.6 is 11.6 Å². The van der Waals surface area contributed by atoms with Crippen LogP contribution in [0.15, 0.2) is 48.7 Å². The van der Waals surface area contributed by atoms with E-state index in [1.54, 1.807) is 46.1 Å². The van der Waals surface area contributed by atoms with Gasteiger partial charge in [0.25, 0.3) is 0 Å². The predicted molar refractivity (Wildman–Crippen MR) is 111 cm³/mol. The van der Waals surface area contributed by atoms with Crippen molar-refractivity contribution in [2.75, 3.05) is 16.8 Å². The fraction of sp³-hybridized carbons (Fsp3) is 0.238. The molecule has 1 fully saturated rings. The topological polar surface area (TPSA) is 80.1 Å². The second-order valence-corrected chi connectivity index (χ2v) is 7.55. The highest BCUT2D eigenvalue weighted by Gasteiger charge is 2.35. The van der Waals surface area contributed by atoms with Crippen LogP contribution in [0.2, 0.25) is 5.02 Å². The zero-order chi connectivity index (χ0) is 20.5. The molecule has 8 heteroatoms. The molecule has 1 aliphatic heterocycles. The largest absolute Gasteiger partial charge is 0.324 e. The van der Waals surface area contributed by atoms with Gasteiger partial charge in [0.1, 0.15) is 0 Å². The van der Waals surface area contributed by atoms with Crippen molar-refractivity contribution in [3.8, 4) is 5.82 Å². The summed E-state index contributed by atoms with van der Waals surface area (Å²) in [5.74, 6) is -0.0529. The van der Waals surface area contributed by atoms with Crippen LogP contribution < -0.4 is 10.2 Å². The van der Waals surface area contributed by atoms with Crippen LogP contribution in [0.1, 0.15) is 17.8 Å². The van der Waals surface area contributed by atoms with Gasteiger partial charge in [0.05, 0.1) is 23.5 Å². The van der Waals surface area contributed by atoms with E-state index in [1.165, 1.54) is 0 Å². The minimum Gasteiger partial charge on any atom is -0.324 e. The second kappa shape index (κ2) is 7.67.